The lowest BCUT2D eigenvalue weighted by molar-refractivity contribution is -0.118. The second kappa shape index (κ2) is 7.25. The van der Waals surface area contributed by atoms with Crippen LogP contribution in [0.25, 0.3) is 10.2 Å². The van der Waals surface area contributed by atoms with Crippen molar-refractivity contribution in [3.05, 3.63) is 46.4 Å². The summed E-state index contributed by atoms with van der Waals surface area (Å²) < 4.78 is 11.5. The summed E-state index contributed by atoms with van der Waals surface area (Å²) in [5.74, 6) is 0.725. The number of ether oxygens (including phenoxy) is 2. The molecule has 5 nitrogen and oxygen atoms in total. The van der Waals surface area contributed by atoms with Crippen molar-refractivity contribution in [2.24, 2.45) is 0 Å². The van der Waals surface area contributed by atoms with Crippen molar-refractivity contribution in [2.45, 2.75) is 0 Å². The average Bonchev–Trinajstić information content (AvgIpc) is 3.00. The summed E-state index contributed by atoms with van der Waals surface area (Å²) in [6.07, 6.45) is 0. The predicted octanol–water partition coefficient (Wildman–Crippen LogP) is 4.63. The van der Waals surface area contributed by atoms with E-state index in [1.807, 2.05) is 12.1 Å². The summed E-state index contributed by atoms with van der Waals surface area (Å²) in [6.45, 7) is -0.162. The molecule has 0 aliphatic rings. The van der Waals surface area contributed by atoms with Gasteiger partial charge in [-0.25, -0.2) is 4.98 Å². The molecule has 0 fully saturated rings. The fourth-order valence-electron chi connectivity index (χ4n) is 2.03. The van der Waals surface area contributed by atoms with Gasteiger partial charge in [0.15, 0.2) is 23.2 Å². The molecule has 3 aromatic rings. The molecule has 0 atom stereocenters. The Morgan fingerprint density at radius 1 is 1.21 bits per heavy atom. The molecule has 2 aromatic carbocycles. The van der Waals surface area contributed by atoms with Crippen molar-refractivity contribution in [1.29, 1.82) is 0 Å². The maximum Gasteiger partial charge on any atom is 0.264 e. The lowest BCUT2D eigenvalue weighted by Gasteiger charge is -2.09. The van der Waals surface area contributed by atoms with Crippen molar-refractivity contribution >= 4 is 55.8 Å². The highest BCUT2D eigenvalue weighted by Gasteiger charge is 2.13. The van der Waals surface area contributed by atoms with Crippen molar-refractivity contribution in [1.82, 2.24) is 4.98 Å². The van der Waals surface area contributed by atoms with Crippen LogP contribution in [0.5, 0.6) is 11.5 Å². The zero-order chi connectivity index (χ0) is 17.1. The third kappa shape index (κ3) is 3.56. The topological polar surface area (TPSA) is 60.5 Å². The molecule has 0 bridgehead atoms. The minimum Gasteiger partial charge on any atom is -0.493 e. The molecular formula is C16H12Cl2N2O3S. The van der Waals surface area contributed by atoms with Gasteiger partial charge in [0.1, 0.15) is 5.52 Å². The number of carbonyl (C=O) groups is 1. The largest absolute Gasteiger partial charge is 0.493 e. The van der Waals surface area contributed by atoms with Gasteiger partial charge in [0.25, 0.3) is 5.91 Å². The number of nitrogens with one attached hydrogen (secondary N) is 1. The molecule has 1 heterocycles. The molecule has 0 saturated heterocycles. The van der Waals surface area contributed by atoms with E-state index in [2.05, 4.69) is 10.3 Å². The third-order valence-electron chi connectivity index (χ3n) is 3.13. The smallest absolute Gasteiger partial charge is 0.264 e. The summed E-state index contributed by atoms with van der Waals surface area (Å²) >= 11 is 13.4. The summed E-state index contributed by atoms with van der Waals surface area (Å²) in [5, 5.41) is 3.91. The van der Waals surface area contributed by atoms with Crippen LogP contribution in [0.3, 0.4) is 0 Å². The number of rotatable bonds is 5. The van der Waals surface area contributed by atoms with Crippen molar-refractivity contribution in [3.63, 3.8) is 0 Å². The highest BCUT2D eigenvalue weighted by atomic mass is 35.5. The second-order valence-electron chi connectivity index (χ2n) is 4.71. The number of nitrogens with zero attached hydrogens (tertiary/aromatic N) is 1. The minimum absolute atomic E-state index is 0.162. The zero-order valence-electron chi connectivity index (χ0n) is 12.5. The van der Waals surface area contributed by atoms with Gasteiger partial charge in [0.2, 0.25) is 0 Å². The van der Waals surface area contributed by atoms with Gasteiger partial charge < -0.3 is 9.47 Å². The lowest BCUT2D eigenvalue weighted by Crippen LogP contribution is -2.20. The van der Waals surface area contributed by atoms with E-state index in [0.717, 1.165) is 4.70 Å². The van der Waals surface area contributed by atoms with Crippen molar-refractivity contribution < 1.29 is 14.3 Å². The minimum atomic E-state index is -0.331. The number of para-hydroxylation sites is 2. The van der Waals surface area contributed by atoms with Crippen LogP contribution in [0, 0.1) is 0 Å². The van der Waals surface area contributed by atoms with Crippen LogP contribution in [0.4, 0.5) is 5.13 Å². The number of amides is 1. The van der Waals surface area contributed by atoms with Gasteiger partial charge in [0.05, 0.1) is 21.9 Å². The normalized spacial score (nSPS) is 10.6. The van der Waals surface area contributed by atoms with Gasteiger partial charge in [-0.3, -0.25) is 10.1 Å². The molecule has 1 N–H and O–H groups in total. The highest BCUT2D eigenvalue weighted by molar-refractivity contribution is 7.22. The summed E-state index contributed by atoms with van der Waals surface area (Å²) in [4.78, 5) is 16.3. The molecule has 0 unspecified atom stereocenters. The first-order valence-corrected chi connectivity index (χ1v) is 8.46. The van der Waals surface area contributed by atoms with E-state index in [4.69, 9.17) is 32.7 Å². The molecule has 124 valence electrons. The Morgan fingerprint density at radius 3 is 2.71 bits per heavy atom. The molecule has 8 heteroatoms. The number of hydrogen-bond donors (Lipinski definition) is 1. The first-order chi connectivity index (χ1) is 11.6. The highest BCUT2D eigenvalue weighted by Crippen LogP contribution is 2.35. The molecular weight excluding hydrogens is 371 g/mol. The number of fused-ring (bicyclic) bond motifs is 1. The van der Waals surface area contributed by atoms with Crippen LogP contribution >= 0.6 is 34.5 Å². The van der Waals surface area contributed by atoms with Gasteiger partial charge in [0, 0.05) is 0 Å². The molecule has 1 aromatic heterocycles. The van der Waals surface area contributed by atoms with Gasteiger partial charge in [-0.15, -0.1) is 0 Å². The maximum absolute atomic E-state index is 12.0. The standard InChI is InChI=1S/C16H12Cl2N2O3S/c1-22-10-4-2-3-5-11(10)23-8-13(21)19-16-20-15-12(24-16)7-6-9(17)14(15)18/h2-7H,8H2,1H3,(H,19,20,21). The number of methoxy groups -OCH3 is 1. The Morgan fingerprint density at radius 2 is 1.96 bits per heavy atom. The van der Waals surface area contributed by atoms with E-state index < -0.39 is 0 Å². The number of carbonyl (C=O) groups excluding carboxylic acids is 1. The molecule has 1 amide bonds. The predicted molar refractivity (Wildman–Crippen MR) is 96.8 cm³/mol. The number of benzene rings is 2. The summed E-state index contributed by atoms with van der Waals surface area (Å²) in [5.41, 5.74) is 0.565. The third-order valence-corrected chi connectivity index (χ3v) is 4.86. The van der Waals surface area contributed by atoms with E-state index in [9.17, 15) is 4.79 Å². The first kappa shape index (κ1) is 16.8. The fraction of sp³-hybridized carbons (Fsp3) is 0.125. The van der Waals surface area contributed by atoms with Crippen LogP contribution < -0.4 is 14.8 Å². The summed E-state index contributed by atoms with van der Waals surface area (Å²) in [6, 6.07) is 10.6. The SMILES string of the molecule is COc1ccccc1OCC(=O)Nc1nc2c(Cl)c(Cl)ccc2s1. The average molecular weight is 383 g/mol. The fourth-order valence-corrected chi connectivity index (χ4v) is 3.33. The molecule has 0 radical (unpaired) electrons. The van der Waals surface area contributed by atoms with Crippen LogP contribution in [-0.4, -0.2) is 24.6 Å². The molecule has 0 aliphatic carbocycles. The van der Waals surface area contributed by atoms with Crippen molar-refractivity contribution in [3.8, 4) is 11.5 Å². The van der Waals surface area contributed by atoms with Gasteiger partial charge in [-0.05, 0) is 24.3 Å². The van der Waals surface area contributed by atoms with E-state index >= 15 is 0 Å². The quantitative estimate of drug-likeness (QED) is 0.698. The van der Waals surface area contributed by atoms with Gasteiger partial charge in [-0.1, -0.05) is 46.7 Å². The monoisotopic (exact) mass is 382 g/mol. The van der Waals surface area contributed by atoms with Gasteiger partial charge >= 0.3 is 0 Å². The van der Waals surface area contributed by atoms with Gasteiger partial charge in [-0.2, -0.15) is 0 Å². The number of hydrogen-bond acceptors (Lipinski definition) is 5. The zero-order valence-corrected chi connectivity index (χ0v) is 14.8. The second-order valence-corrected chi connectivity index (χ2v) is 6.53. The van der Waals surface area contributed by atoms with Crippen molar-refractivity contribution in [2.75, 3.05) is 19.0 Å². The first-order valence-electron chi connectivity index (χ1n) is 6.88. The van der Waals surface area contributed by atoms with E-state index in [0.29, 0.717) is 32.2 Å². The molecule has 0 spiro atoms. The Balaban J connectivity index is 1.68. The number of halogens is 2. The Bertz CT molecular complexity index is 898. The summed E-state index contributed by atoms with van der Waals surface area (Å²) in [7, 11) is 1.54. The number of thiazole rings is 1. The van der Waals surface area contributed by atoms with E-state index in [1.54, 1.807) is 24.3 Å². The molecule has 0 saturated carbocycles. The van der Waals surface area contributed by atoms with Crippen LogP contribution in [0.15, 0.2) is 36.4 Å². The lowest BCUT2D eigenvalue weighted by atomic mass is 10.3. The van der Waals surface area contributed by atoms with Crippen LogP contribution in [0.2, 0.25) is 10.0 Å². The molecule has 24 heavy (non-hydrogen) atoms. The molecule has 0 aliphatic heterocycles. The number of aromatic nitrogens is 1. The maximum atomic E-state index is 12.0. The Kier molecular flexibility index (Phi) is 5.08. The number of anilines is 1. The van der Waals surface area contributed by atoms with E-state index in [-0.39, 0.29) is 12.5 Å². The van der Waals surface area contributed by atoms with Crippen LogP contribution in [0.1, 0.15) is 0 Å². The van der Waals surface area contributed by atoms with E-state index in [1.165, 1.54) is 18.4 Å². The molecule has 3 rings (SSSR count). The Hall–Kier alpha value is -2.02. The Labute approximate surface area is 152 Å². The van der Waals surface area contributed by atoms with Crippen LogP contribution in [-0.2, 0) is 4.79 Å².